The Morgan fingerprint density at radius 1 is 1.00 bits per heavy atom. The van der Waals surface area contributed by atoms with Crippen molar-refractivity contribution in [3.8, 4) is 11.5 Å². The first-order valence-electron chi connectivity index (χ1n) is 5.07. The summed E-state index contributed by atoms with van der Waals surface area (Å²) in [6.45, 7) is 0. The summed E-state index contributed by atoms with van der Waals surface area (Å²) in [5.74, 6) is 0.777. The highest BCUT2D eigenvalue weighted by Crippen LogP contribution is 2.33. The number of carbonyl (C=O) groups excluding carboxylic acids is 1. The Morgan fingerprint density at radius 3 is 2.47 bits per heavy atom. The van der Waals surface area contributed by atoms with Gasteiger partial charge >= 0.3 is 5.97 Å². The van der Waals surface area contributed by atoms with Crippen molar-refractivity contribution in [1.82, 2.24) is 0 Å². The molecule has 4 heteroatoms. The number of thiophene rings is 1. The summed E-state index contributed by atoms with van der Waals surface area (Å²) in [5, 5.41) is 1.94. The van der Waals surface area contributed by atoms with Crippen LogP contribution in [0.5, 0.6) is 11.5 Å². The molecule has 0 atom stereocenters. The lowest BCUT2D eigenvalue weighted by molar-refractivity contribution is -0.133. The van der Waals surface area contributed by atoms with Crippen LogP contribution >= 0.6 is 11.3 Å². The molecule has 3 rings (SSSR count). The Morgan fingerprint density at radius 2 is 1.76 bits per heavy atom. The number of ether oxygens (including phenoxy) is 2. The molecule has 1 aromatic heterocycles. The van der Waals surface area contributed by atoms with Crippen molar-refractivity contribution in [2.24, 2.45) is 0 Å². The van der Waals surface area contributed by atoms with E-state index in [0.717, 1.165) is 4.88 Å². The second-order valence-corrected chi connectivity index (χ2v) is 4.44. The summed E-state index contributed by atoms with van der Waals surface area (Å²) in [6.07, 6.45) is 1.68. The highest BCUT2D eigenvalue weighted by atomic mass is 32.1. The van der Waals surface area contributed by atoms with Crippen LogP contribution in [0.4, 0.5) is 0 Å². The molecule has 1 aliphatic rings. The first kappa shape index (κ1) is 10.1. The molecule has 17 heavy (non-hydrogen) atoms. The molecule has 0 radical (unpaired) electrons. The average Bonchev–Trinajstić information content (AvgIpc) is 2.83. The Labute approximate surface area is 102 Å². The summed E-state index contributed by atoms with van der Waals surface area (Å²) in [5.41, 5.74) is 0. The van der Waals surface area contributed by atoms with Gasteiger partial charge < -0.3 is 9.47 Å². The van der Waals surface area contributed by atoms with Crippen molar-refractivity contribution >= 4 is 23.4 Å². The van der Waals surface area contributed by atoms with Crippen LogP contribution in [-0.4, -0.2) is 5.97 Å². The van der Waals surface area contributed by atoms with E-state index in [1.165, 1.54) is 11.3 Å². The molecule has 84 valence electrons. The normalized spacial score (nSPS) is 16.2. The van der Waals surface area contributed by atoms with Gasteiger partial charge in [0.15, 0.2) is 11.5 Å². The van der Waals surface area contributed by atoms with E-state index in [9.17, 15) is 4.79 Å². The molecule has 2 aromatic rings. The molecule has 0 saturated heterocycles. The van der Waals surface area contributed by atoms with Gasteiger partial charge in [0.2, 0.25) is 5.76 Å². The average molecular weight is 244 g/mol. The van der Waals surface area contributed by atoms with Crippen LogP contribution in [0.1, 0.15) is 4.88 Å². The van der Waals surface area contributed by atoms with Crippen LogP contribution in [0, 0.1) is 0 Å². The van der Waals surface area contributed by atoms with Crippen LogP contribution in [-0.2, 0) is 4.79 Å². The van der Waals surface area contributed by atoms with Crippen molar-refractivity contribution in [3.05, 3.63) is 52.4 Å². The minimum absolute atomic E-state index is 0.214. The summed E-state index contributed by atoms with van der Waals surface area (Å²) >= 11 is 1.54. The first-order chi connectivity index (χ1) is 8.33. The maximum Gasteiger partial charge on any atom is 0.379 e. The van der Waals surface area contributed by atoms with Crippen LogP contribution in [0.15, 0.2) is 47.5 Å². The zero-order valence-electron chi connectivity index (χ0n) is 8.75. The third-order valence-electron chi connectivity index (χ3n) is 2.29. The zero-order valence-corrected chi connectivity index (χ0v) is 9.57. The molecule has 0 saturated carbocycles. The molecule has 1 aromatic carbocycles. The highest BCUT2D eigenvalue weighted by molar-refractivity contribution is 7.10. The largest absolute Gasteiger partial charge is 0.446 e. The van der Waals surface area contributed by atoms with Crippen molar-refractivity contribution in [1.29, 1.82) is 0 Å². The molecule has 0 unspecified atom stereocenters. The Balaban J connectivity index is 1.97. The number of carbonyl (C=O) groups is 1. The van der Waals surface area contributed by atoms with Crippen LogP contribution in [0.3, 0.4) is 0 Å². The second kappa shape index (κ2) is 4.07. The minimum atomic E-state index is -0.461. The Kier molecular flexibility index (Phi) is 2.42. The van der Waals surface area contributed by atoms with Crippen molar-refractivity contribution < 1.29 is 14.3 Å². The second-order valence-electron chi connectivity index (χ2n) is 3.46. The molecule has 0 N–H and O–H groups in total. The third kappa shape index (κ3) is 1.94. The maximum absolute atomic E-state index is 11.7. The van der Waals surface area contributed by atoms with E-state index in [0.29, 0.717) is 11.5 Å². The molecule has 2 heterocycles. The number of para-hydroxylation sites is 2. The number of rotatable bonds is 1. The molecule has 1 aliphatic heterocycles. The van der Waals surface area contributed by atoms with E-state index in [1.807, 2.05) is 23.6 Å². The van der Waals surface area contributed by atoms with E-state index in [1.54, 1.807) is 24.3 Å². The predicted molar refractivity (Wildman–Crippen MR) is 65.0 cm³/mol. The lowest BCUT2D eigenvalue weighted by Gasteiger charge is -2.17. The fraction of sp³-hybridized carbons (Fsp3) is 0. The quantitative estimate of drug-likeness (QED) is 0.439. The number of benzene rings is 1. The third-order valence-corrected chi connectivity index (χ3v) is 3.11. The number of esters is 1. The van der Waals surface area contributed by atoms with Gasteiger partial charge in [-0.3, -0.25) is 0 Å². The smallest absolute Gasteiger partial charge is 0.379 e. The molecular formula is C13H8O3S. The van der Waals surface area contributed by atoms with Gasteiger partial charge in [0, 0.05) is 11.0 Å². The Bertz CT molecular complexity index is 584. The molecule has 0 bridgehead atoms. The summed E-state index contributed by atoms with van der Waals surface area (Å²) < 4.78 is 10.7. The van der Waals surface area contributed by atoms with Gasteiger partial charge in [-0.05, 0) is 23.6 Å². The fourth-order valence-corrected chi connectivity index (χ4v) is 2.17. The molecule has 0 amide bonds. The van der Waals surface area contributed by atoms with E-state index >= 15 is 0 Å². The zero-order chi connectivity index (χ0) is 11.7. The van der Waals surface area contributed by atoms with Gasteiger partial charge in [0.25, 0.3) is 0 Å². The van der Waals surface area contributed by atoms with Crippen molar-refractivity contribution in [2.45, 2.75) is 0 Å². The molecule has 3 nitrogen and oxygen atoms in total. The molecular weight excluding hydrogens is 236 g/mol. The standard InChI is InChI=1S/C13H8O3S/c14-13-12(8-9-4-3-7-17-9)15-10-5-1-2-6-11(10)16-13/h1-8H/b12-8-. The van der Waals surface area contributed by atoms with E-state index in [4.69, 9.17) is 9.47 Å². The van der Waals surface area contributed by atoms with Gasteiger partial charge in [-0.15, -0.1) is 11.3 Å². The van der Waals surface area contributed by atoms with Crippen LogP contribution < -0.4 is 9.47 Å². The molecule has 0 fully saturated rings. The highest BCUT2D eigenvalue weighted by Gasteiger charge is 2.23. The van der Waals surface area contributed by atoms with Gasteiger partial charge in [-0.25, -0.2) is 4.79 Å². The van der Waals surface area contributed by atoms with Crippen molar-refractivity contribution in [2.75, 3.05) is 0 Å². The number of fused-ring (bicyclic) bond motifs is 1. The number of hydrogen-bond acceptors (Lipinski definition) is 4. The monoisotopic (exact) mass is 244 g/mol. The minimum Gasteiger partial charge on any atom is -0.446 e. The van der Waals surface area contributed by atoms with Crippen LogP contribution in [0.25, 0.3) is 6.08 Å². The van der Waals surface area contributed by atoms with Crippen LogP contribution in [0.2, 0.25) is 0 Å². The van der Waals surface area contributed by atoms with E-state index in [-0.39, 0.29) is 5.76 Å². The summed E-state index contributed by atoms with van der Waals surface area (Å²) in [4.78, 5) is 12.6. The lowest BCUT2D eigenvalue weighted by atomic mass is 10.3. The van der Waals surface area contributed by atoms with E-state index < -0.39 is 5.97 Å². The van der Waals surface area contributed by atoms with Gasteiger partial charge in [0.1, 0.15) is 0 Å². The first-order valence-corrected chi connectivity index (χ1v) is 5.95. The van der Waals surface area contributed by atoms with Crippen molar-refractivity contribution in [3.63, 3.8) is 0 Å². The van der Waals surface area contributed by atoms with Gasteiger partial charge in [-0.1, -0.05) is 18.2 Å². The predicted octanol–water partition coefficient (Wildman–Crippen LogP) is 3.09. The Hall–Kier alpha value is -2.07. The maximum atomic E-state index is 11.7. The molecule has 0 aliphatic carbocycles. The fourth-order valence-electron chi connectivity index (χ4n) is 1.52. The SMILES string of the molecule is O=C1Oc2ccccc2O/C1=C\c1cccs1. The van der Waals surface area contributed by atoms with Gasteiger partial charge in [0.05, 0.1) is 0 Å². The number of hydrogen-bond donors (Lipinski definition) is 0. The molecule has 0 spiro atoms. The van der Waals surface area contributed by atoms with Gasteiger partial charge in [-0.2, -0.15) is 0 Å². The topological polar surface area (TPSA) is 35.5 Å². The van der Waals surface area contributed by atoms with E-state index in [2.05, 4.69) is 0 Å². The summed E-state index contributed by atoms with van der Waals surface area (Å²) in [7, 11) is 0. The lowest BCUT2D eigenvalue weighted by Crippen LogP contribution is -2.20. The summed E-state index contributed by atoms with van der Waals surface area (Å²) in [6, 6.07) is 10.9.